The van der Waals surface area contributed by atoms with Crippen molar-refractivity contribution in [3.8, 4) is 0 Å². The van der Waals surface area contributed by atoms with Crippen LogP contribution in [0.5, 0.6) is 0 Å². The van der Waals surface area contributed by atoms with Gasteiger partial charge in [0.2, 0.25) is 0 Å². The van der Waals surface area contributed by atoms with Gasteiger partial charge in [-0.25, -0.2) is 4.98 Å². The Morgan fingerprint density at radius 2 is 2.00 bits per heavy atom. The van der Waals surface area contributed by atoms with E-state index in [0.29, 0.717) is 5.02 Å². The number of aromatic nitrogens is 1. The van der Waals surface area contributed by atoms with E-state index in [1.165, 1.54) is 25.7 Å². The third-order valence-electron chi connectivity index (χ3n) is 3.77. The molecule has 0 bridgehead atoms. The lowest BCUT2D eigenvalue weighted by Gasteiger charge is -2.17. The van der Waals surface area contributed by atoms with E-state index < -0.39 is 0 Å². The van der Waals surface area contributed by atoms with Gasteiger partial charge >= 0.3 is 0 Å². The Balaban J connectivity index is 1.62. The minimum Gasteiger partial charge on any atom is -0.369 e. The van der Waals surface area contributed by atoms with Crippen molar-refractivity contribution in [3.05, 3.63) is 21.8 Å². The fourth-order valence-electron chi connectivity index (χ4n) is 2.53. The first kappa shape index (κ1) is 11.8. The maximum absolute atomic E-state index is 6.15. The molecule has 2 aliphatic rings. The van der Waals surface area contributed by atoms with Crippen molar-refractivity contribution in [1.29, 1.82) is 0 Å². The van der Waals surface area contributed by atoms with E-state index in [2.05, 4.69) is 26.2 Å². The molecule has 2 saturated carbocycles. The van der Waals surface area contributed by atoms with Crippen LogP contribution in [0.25, 0.3) is 0 Å². The third kappa shape index (κ3) is 2.94. The monoisotopic (exact) mass is 314 g/mol. The molecule has 2 fully saturated rings. The number of rotatable bonds is 5. The summed E-state index contributed by atoms with van der Waals surface area (Å²) in [6, 6.07) is 1.89. The lowest BCUT2D eigenvalue weighted by atomic mass is 9.98. The van der Waals surface area contributed by atoms with E-state index in [0.717, 1.165) is 34.6 Å². The molecule has 92 valence electrons. The molecule has 0 aliphatic heterocycles. The second-order valence-electron chi connectivity index (χ2n) is 5.20. The van der Waals surface area contributed by atoms with Gasteiger partial charge in [-0.15, -0.1) is 0 Å². The number of hydrogen-bond acceptors (Lipinski definition) is 2. The summed E-state index contributed by atoms with van der Waals surface area (Å²) >= 11 is 9.52. The summed E-state index contributed by atoms with van der Waals surface area (Å²) in [4.78, 5) is 4.32. The highest BCUT2D eigenvalue weighted by atomic mass is 79.9. The van der Waals surface area contributed by atoms with E-state index in [1.807, 2.05) is 6.07 Å². The molecule has 0 saturated heterocycles. The summed E-state index contributed by atoms with van der Waals surface area (Å²) in [7, 11) is 0. The molecule has 1 aromatic rings. The maximum Gasteiger partial charge on any atom is 0.144 e. The highest BCUT2D eigenvalue weighted by Crippen LogP contribution is 2.49. The van der Waals surface area contributed by atoms with Crippen LogP contribution in [0.15, 0.2) is 16.7 Å². The van der Waals surface area contributed by atoms with Gasteiger partial charge in [-0.3, -0.25) is 0 Å². The van der Waals surface area contributed by atoms with Crippen LogP contribution in [0, 0.1) is 17.8 Å². The average molecular weight is 316 g/mol. The molecule has 0 aromatic carbocycles. The van der Waals surface area contributed by atoms with Gasteiger partial charge in [-0.05, 0) is 65.4 Å². The van der Waals surface area contributed by atoms with Crippen molar-refractivity contribution < 1.29 is 0 Å². The Hall–Kier alpha value is -0.280. The first-order valence-electron chi connectivity index (χ1n) is 6.29. The highest BCUT2D eigenvalue weighted by Gasteiger charge is 2.41. The van der Waals surface area contributed by atoms with Crippen LogP contribution in [-0.4, -0.2) is 11.5 Å². The number of pyridine rings is 1. The van der Waals surface area contributed by atoms with Crippen LogP contribution >= 0.6 is 27.5 Å². The SMILES string of the molecule is Clc1cc(Br)cnc1NCC(C1CC1)C1CC1. The van der Waals surface area contributed by atoms with Crippen molar-refractivity contribution in [2.45, 2.75) is 25.7 Å². The second kappa shape index (κ2) is 4.77. The van der Waals surface area contributed by atoms with Crippen LogP contribution < -0.4 is 5.32 Å². The minimum absolute atomic E-state index is 0.699. The normalized spacial score (nSPS) is 19.7. The summed E-state index contributed by atoms with van der Waals surface area (Å²) in [6.07, 6.45) is 7.47. The summed E-state index contributed by atoms with van der Waals surface area (Å²) in [5.41, 5.74) is 0. The maximum atomic E-state index is 6.15. The topological polar surface area (TPSA) is 24.9 Å². The van der Waals surface area contributed by atoms with E-state index in [9.17, 15) is 0 Å². The van der Waals surface area contributed by atoms with Crippen molar-refractivity contribution in [2.75, 3.05) is 11.9 Å². The molecule has 17 heavy (non-hydrogen) atoms. The molecule has 0 atom stereocenters. The van der Waals surface area contributed by atoms with E-state index in [4.69, 9.17) is 11.6 Å². The Kier molecular flexibility index (Phi) is 3.31. The molecule has 2 nitrogen and oxygen atoms in total. The zero-order chi connectivity index (χ0) is 11.8. The van der Waals surface area contributed by atoms with Crippen LogP contribution in [0.2, 0.25) is 5.02 Å². The zero-order valence-electron chi connectivity index (χ0n) is 9.63. The lowest BCUT2D eigenvalue weighted by Crippen LogP contribution is -2.18. The van der Waals surface area contributed by atoms with Crippen LogP contribution in [-0.2, 0) is 0 Å². The molecule has 2 aliphatic carbocycles. The van der Waals surface area contributed by atoms with Crippen molar-refractivity contribution in [2.24, 2.45) is 17.8 Å². The summed E-state index contributed by atoms with van der Waals surface area (Å²) in [5.74, 6) is 3.59. The number of anilines is 1. The van der Waals surface area contributed by atoms with E-state index >= 15 is 0 Å². The van der Waals surface area contributed by atoms with Crippen LogP contribution in [0.4, 0.5) is 5.82 Å². The molecule has 0 amide bonds. The first-order valence-corrected chi connectivity index (χ1v) is 7.46. The summed E-state index contributed by atoms with van der Waals surface area (Å²) < 4.78 is 0.925. The Morgan fingerprint density at radius 3 is 2.53 bits per heavy atom. The molecular weight excluding hydrogens is 300 g/mol. The second-order valence-corrected chi connectivity index (χ2v) is 6.53. The predicted octanol–water partition coefficient (Wildman–Crippen LogP) is 4.35. The minimum atomic E-state index is 0.699. The number of nitrogens with zero attached hydrogens (tertiary/aromatic N) is 1. The summed E-state index contributed by atoms with van der Waals surface area (Å²) in [5, 5.41) is 4.12. The lowest BCUT2D eigenvalue weighted by molar-refractivity contribution is 0.427. The predicted molar refractivity (Wildman–Crippen MR) is 74.4 cm³/mol. The molecule has 1 N–H and O–H groups in total. The van der Waals surface area contributed by atoms with E-state index in [-0.39, 0.29) is 0 Å². The first-order chi connectivity index (χ1) is 8.24. The smallest absolute Gasteiger partial charge is 0.144 e. The fraction of sp³-hybridized carbons (Fsp3) is 0.615. The number of halogens is 2. The fourth-order valence-corrected chi connectivity index (χ4v) is 3.22. The molecular formula is C13H16BrClN2. The summed E-state index contributed by atoms with van der Waals surface area (Å²) in [6.45, 7) is 1.03. The number of hydrogen-bond donors (Lipinski definition) is 1. The van der Waals surface area contributed by atoms with Crippen molar-refractivity contribution in [1.82, 2.24) is 4.98 Å². The molecule has 3 rings (SSSR count). The van der Waals surface area contributed by atoms with Gasteiger partial charge < -0.3 is 5.32 Å². The Morgan fingerprint density at radius 1 is 1.35 bits per heavy atom. The molecule has 4 heteroatoms. The van der Waals surface area contributed by atoms with Crippen molar-refractivity contribution in [3.63, 3.8) is 0 Å². The van der Waals surface area contributed by atoms with Gasteiger partial charge in [-0.2, -0.15) is 0 Å². The van der Waals surface area contributed by atoms with Crippen LogP contribution in [0.3, 0.4) is 0 Å². The molecule has 0 unspecified atom stereocenters. The van der Waals surface area contributed by atoms with Gasteiger partial charge in [-0.1, -0.05) is 11.6 Å². The van der Waals surface area contributed by atoms with Gasteiger partial charge in [0.15, 0.2) is 0 Å². The standard InChI is InChI=1S/C13H16BrClN2/c14-10-5-12(15)13(16-6-10)17-7-11(8-1-2-8)9-3-4-9/h5-6,8-9,11H,1-4,7H2,(H,16,17). The average Bonchev–Trinajstić information content (AvgIpc) is 3.15. The molecule has 1 heterocycles. The van der Waals surface area contributed by atoms with Gasteiger partial charge in [0.25, 0.3) is 0 Å². The Labute approximate surface area is 115 Å². The highest BCUT2D eigenvalue weighted by molar-refractivity contribution is 9.10. The molecule has 0 radical (unpaired) electrons. The quantitative estimate of drug-likeness (QED) is 0.874. The largest absolute Gasteiger partial charge is 0.369 e. The van der Waals surface area contributed by atoms with Crippen molar-refractivity contribution >= 4 is 33.3 Å². The Bertz CT molecular complexity index is 404. The number of nitrogens with one attached hydrogen (secondary N) is 1. The zero-order valence-corrected chi connectivity index (χ0v) is 12.0. The van der Waals surface area contributed by atoms with Gasteiger partial charge in [0, 0.05) is 17.2 Å². The van der Waals surface area contributed by atoms with Gasteiger partial charge in [0.05, 0.1) is 5.02 Å². The molecule has 1 aromatic heterocycles. The van der Waals surface area contributed by atoms with Crippen LogP contribution in [0.1, 0.15) is 25.7 Å². The third-order valence-corrected chi connectivity index (χ3v) is 4.49. The van der Waals surface area contributed by atoms with Gasteiger partial charge in [0.1, 0.15) is 5.82 Å². The van der Waals surface area contributed by atoms with E-state index in [1.54, 1.807) is 6.20 Å². The molecule has 0 spiro atoms.